The average molecular weight is 313 g/mol. The van der Waals surface area contributed by atoms with Gasteiger partial charge in [-0.1, -0.05) is 38.5 Å². The summed E-state index contributed by atoms with van der Waals surface area (Å²) in [6.45, 7) is 10.4. The van der Waals surface area contributed by atoms with Gasteiger partial charge in [-0.3, -0.25) is 4.79 Å². The van der Waals surface area contributed by atoms with Crippen LogP contribution in [-0.4, -0.2) is 25.5 Å². The zero-order valence-corrected chi connectivity index (χ0v) is 14.1. The molecule has 6 heteroatoms. The lowest BCUT2D eigenvalue weighted by atomic mass is 9.88. The molecule has 1 aromatic rings. The minimum Gasteiger partial charge on any atom is -0.480 e. The highest BCUT2D eigenvalue weighted by Gasteiger charge is 2.36. The highest BCUT2D eigenvalue weighted by molar-refractivity contribution is 7.89. The molecular formula is C15H23NO4S. The molecule has 0 unspecified atom stereocenters. The number of carboxylic acid groups (broad SMARTS) is 1. The Kier molecular flexibility index (Phi) is 4.85. The second kappa shape index (κ2) is 5.77. The number of sulfonamides is 1. The standard InChI is InChI=1S/C15H23NO4S/c1-9-7-10(2)12(11(3)8-9)21(19,20)16-13(14(17)18)15(4,5)6/h7-8,13,16H,1-6H3,(H,17,18)/t13-/m0/s1. The van der Waals surface area contributed by atoms with Gasteiger partial charge in [-0.15, -0.1) is 0 Å². The van der Waals surface area contributed by atoms with Crippen molar-refractivity contribution in [3.63, 3.8) is 0 Å². The number of benzene rings is 1. The minimum absolute atomic E-state index is 0.156. The minimum atomic E-state index is -3.90. The summed E-state index contributed by atoms with van der Waals surface area (Å²) in [4.78, 5) is 11.5. The zero-order chi connectivity index (χ0) is 16.6. The fourth-order valence-electron chi connectivity index (χ4n) is 2.40. The quantitative estimate of drug-likeness (QED) is 0.894. The van der Waals surface area contributed by atoms with Crippen LogP contribution in [0.15, 0.2) is 17.0 Å². The molecule has 0 fully saturated rings. The maximum absolute atomic E-state index is 12.6. The predicted octanol–water partition coefficient (Wildman–Crippen LogP) is 2.39. The SMILES string of the molecule is Cc1cc(C)c(S(=O)(=O)N[C@@H](C(=O)O)C(C)(C)C)c(C)c1. The smallest absolute Gasteiger partial charge is 0.322 e. The highest BCUT2D eigenvalue weighted by Crippen LogP contribution is 2.25. The summed E-state index contributed by atoms with van der Waals surface area (Å²) in [6.07, 6.45) is 0. The molecule has 1 aromatic carbocycles. The van der Waals surface area contributed by atoms with E-state index in [2.05, 4.69) is 4.72 Å². The molecule has 5 nitrogen and oxygen atoms in total. The van der Waals surface area contributed by atoms with Gasteiger partial charge in [0.15, 0.2) is 0 Å². The van der Waals surface area contributed by atoms with E-state index < -0.39 is 27.4 Å². The van der Waals surface area contributed by atoms with E-state index in [9.17, 15) is 18.3 Å². The Hall–Kier alpha value is -1.40. The summed E-state index contributed by atoms with van der Waals surface area (Å²) in [7, 11) is -3.90. The predicted molar refractivity (Wildman–Crippen MR) is 81.9 cm³/mol. The average Bonchev–Trinajstić information content (AvgIpc) is 2.21. The molecule has 0 radical (unpaired) electrons. The summed E-state index contributed by atoms with van der Waals surface area (Å²) in [6, 6.07) is 2.35. The maximum Gasteiger partial charge on any atom is 0.322 e. The van der Waals surface area contributed by atoms with Crippen molar-refractivity contribution in [3.05, 3.63) is 28.8 Å². The van der Waals surface area contributed by atoms with E-state index in [1.165, 1.54) is 0 Å². The van der Waals surface area contributed by atoms with E-state index in [-0.39, 0.29) is 4.90 Å². The van der Waals surface area contributed by atoms with Crippen LogP contribution < -0.4 is 4.72 Å². The first kappa shape index (κ1) is 17.7. The van der Waals surface area contributed by atoms with Crippen LogP contribution in [0.1, 0.15) is 37.5 Å². The molecule has 0 amide bonds. The van der Waals surface area contributed by atoms with E-state index in [1.54, 1.807) is 46.8 Å². The molecule has 118 valence electrons. The molecule has 0 heterocycles. The largest absolute Gasteiger partial charge is 0.480 e. The van der Waals surface area contributed by atoms with Crippen molar-refractivity contribution in [3.8, 4) is 0 Å². The van der Waals surface area contributed by atoms with Gasteiger partial charge in [-0.25, -0.2) is 8.42 Å². The van der Waals surface area contributed by atoms with Crippen molar-refractivity contribution in [2.45, 2.75) is 52.5 Å². The van der Waals surface area contributed by atoms with E-state index in [0.29, 0.717) is 11.1 Å². The summed E-state index contributed by atoms with van der Waals surface area (Å²) in [5, 5.41) is 9.27. The van der Waals surface area contributed by atoms with Crippen molar-refractivity contribution in [2.24, 2.45) is 5.41 Å². The number of carboxylic acids is 1. The Morgan fingerprint density at radius 3 is 1.90 bits per heavy atom. The van der Waals surface area contributed by atoms with Gasteiger partial charge in [0.05, 0.1) is 4.90 Å². The maximum atomic E-state index is 12.6. The van der Waals surface area contributed by atoms with Gasteiger partial charge < -0.3 is 5.11 Å². The molecule has 0 aliphatic rings. The van der Waals surface area contributed by atoms with Crippen LogP contribution in [0.5, 0.6) is 0 Å². The molecule has 0 saturated carbocycles. The molecule has 0 aliphatic carbocycles. The number of hydrogen-bond acceptors (Lipinski definition) is 3. The lowest BCUT2D eigenvalue weighted by Crippen LogP contribution is -2.49. The van der Waals surface area contributed by atoms with Crippen LogP contribution in [0.4, 0.5) is 0 Å². The molecule has 0 bridgehead atoms. The van der Waals surface area contributed by atoms with Crippen LogP contribution in [0.25, 0.3) is 0 Å². The molecular weight excluding hydrogens is 290 g/mol. The monoisotopic (exact) mass is 313 g/mol. The Balaban J connectivity index is 3.33. The van der Waals surface area contributed by atoms with Crippen LogP contribution in [0, 0.1) is 26.2 Å². The molecule has 0 aliphatic heterocycles. The van der Waals surface area contributed by atoms with Crippen molar-refractivity contribution in [1.29, 1.82) is 0 Å². The lowest BCUT2D eigenvalue weighted by molar-refractivity contribution is -0.141. The topological polar surface area (TPSA) is 83.5 Å². The van der Waals surface area contributed by atoms with Crippen molar-refractivity contribution < 1.29 is 18.3 Å². The number of nitrogens with one attached hydrogen (secondary N) is 1. The van der Waals surface area contributed by atoms with Gasteiger partial charge in [0.2, 0.25) is 10.0 Å². The number of hydrogen-bond donors (Lipinski definition) is 2. The molecule has 0 aromatic heterocycles. The van der Waals surface area contributed by atoms with Crippen LogP contribution in [0.2, 0.25) is 0 Å². The number of rotatable bonds is 4. The van der Waals surface area contributed by atoms with Crippen LogP contribution in [0.3, 0.4) is 0 Å². The number of aliphatic carboxylic acids is 1. The second-order valence-electron chi connectivity index (χ2n) is 6.49. The number of carbonyl (C=O) groups is 1. The summed E-state index contributed by atoms with van der Waals surface area (Å²) in [5.74, 6) is -1.19. The van der Waals surface area contributed by atoms with Gasteiger partial charge in [0, 0.05) is 0 Å². The summed E-state index contributed by atoms with van der Waals surface area (Å²) >= 11 is 0. The Bertz CT molecular complexity index is 634. The molecule has 0 saturated heterocycles. The lowest BCUT2D eigenvalue weighted by Gasteiger charge is -2.28. The Labute approximate surface area is 126 Å². The van der Waals surface area contributed by atoms with E-state index in [1.807, 2.05) is 6.92 Å². The summed E-state index contributed by atoms with van der Waals surface area (Å²) in [5.41, 5.74) is 1.46. The van der Waals surface area contributed by atoms with Crippen molar-refractivity contribution >= 4 is 16.0 Å². The third-order valence-electron chi connectivity index (χ3n) is 3.26. The van der Waals surface area contributed by atoms with E-state index in [0.717, 1.165) is 5.56 Å². The fourth-order valence-corrected chi connectivity index (χ4v) is 4.25. The number of aryl methyl sites for hydroxylation is 3. The molecule has 21 heavy (non-hydrogen) atoms. The first-order valence-corrected chi connectivity index (χ1v) is 8.17. The second-order valence-corrected chi connectivity index (χ2v) is 8.14. The normalized spacial score (nSPS) is 14.0. The first-order valence-electron chi connectivity index (χ1n) is 6.69. The molecule has 0 spiro atoms. The van der Waals surface area contributed by atoms with Gasteiger partial charge in [-0.2, -0.15) is 4.72 Å². The van der Waals surface area contributed by atoms with E-state index >= 15 is 0 Å². The Morgan fingerprint density at radius 1 is 1.14 bits per heavy atom. The molecule has 1 atom stereocenters. The van der Waals surface area contributed by atoms with Crippen LogP contribution >= 0.6 is 0 Å². The fraction of sp³-hybridized carbons (Fsp3) is 0.533. The van der Waals surface area contributed by atoms with Crippen molar-refractivity contribution in [1.82, 2.24) is 4.72 Å². The van der Waals surface area contributed by atoms with Gasteiger partial charge in [0.25, 0.3) is 0 Å². The highest BCUT2D eigenvalue weighted by atomic mass is 32.2. The molecule has 2 N–H and O–H groups in total. The first-order chi connectivity index (χ1) is 9.36. The third-order valence-corrected chi connectivity index (χ3v) is 4.99. The molecule has 1 rings (SSSR count). The third kappa shape index (κ3) is 4.04. The Morgan fingerprint density at radius 2 is 1.57 bits per heavy atom. The van der Waals surface area contributed by atoms with Crippen LogP contribution in [-0.2, 0) is 14.8 Å². The van der Waals surface area contributed by atoms with Gasteiger partial charge >= 0.3 is 5.97 Å². The van der Waals surface area contributed by atoms with Crippen molar-refractivity contribution in [2.75, 3.05) is 0 Å². The van der Waals surface area contributed by atoms with Gasteiger partial charge in [0.1, 0.15) is 6.04 Å². The summed E-state index contributed by atoms with van der Waals surface area (Å²) < 4.78 is 27.5. The zero-order valence-electron chi connectivity index (χ0n) is 13.3. The van der Waals surface area contributed by atoms with Gasteiger partial charge in [-0.05, 0) is 37.3 Å². The van der Waals surface area contributed by atoms with E-state index in [4.69, 9.17) is 0 Å².